The highest BCUT2D eigenvalue weighted by Gasteiger charge is 2.29. The smallest absolute Gasteiger partial charge is 0.326 e. The van der Waals surface area contributed by atoms with Crippen LogP contribution in [0.2, 0.25) is 0 Å². The molecule has 0 unspecified atom stereocenters. The Morgan fingerprint density at radius 2 is 1.10 bits per heavy atom. The number of carboxylic acids is 2. The number of carbonyl (C=O) groups is 5. The van der Waals surface area contributed by atoms with Crippen molar-refractivity contribution < 1.29 is 44.0 Å². The van der Waals surface area contributed by atoms with E-state index in [-0.39, 0.29) is 62.8 Å². The summed E-state index contributed by atoms with van der Waals surface area (Å²) in [5.74, 6) is -2.34. The van der Waals surface area contributed by atoms with Gasteiger partial charge in [-0.1, -0.05) is 89.9 Å². The van der Waals surface area contributed by atoms with Crippen molar-refractivity contribution >= 4 is 29.7 Å². The average molecular weight is 698 g/mol. The van der Waals surface area contributed by atoms with Crippen molar-refractivity contribution in [2.75, 3.05) is 32.9 Å². The SMILES string of the molecule is O=C(O)CCCCCCCCCCCCCCCCCCC(=O)NCC1CCC(C(=O)N[C@@H](CCC(=O)NCCOCCO)C(=O)O)CC1. The predicted octanol–water partition coefficient (Wildman–Crippen LogP) is 5.49. The van der Waals surface area contributed by atoms with Crippen LogP contribution in [0, 0.1) is 11.8 Å². The molecule has 1 atom stereocenters. The Hall–Kier alpha value is -2.73. The molecule has 1 saturated carbocycles. The molecule has 0 heterocycles. The molecule has 12 nitrogen and oxygen atoms in total. The van der Waals surface area contributed by atoms with Gasteiger partial charge in [0.2, 0.25) is 17.7 Å². The summed E-state index contributed by atoms with van der Waals surface area (Å²) in [6, 6.07) is -1.13. The van der Waals surface area contributed by atoms with Crippen molar-refractivity contribution in [3.8, 4) is 0 Å². The van der Waals surface area contributed by atoms with Gasteiger partial charge in [0.25, 0.3) is 0 Å². The Balaban J connectivity index is 1.99. The monoisotopic (exact) mass is 697 g/mol. The van der Waals surface area contributed by atoms with Gasteiger partial charge < -0.3 is 36.0 Å². The summed E-state index contributed by atoms with van der Waals surface area (Å²) in [5.41, 5.74) is 0. The van der Waals surface area contributed by atoms with E-state index in [1.165, 1.54) is 70.6 Å². The number of ether oxygens (including phenoxy) is 1. The van der Waals surface area contributed by atoms with Crippen LogP contribution in [0.1, 0.15) is 154 Å². The Labute approximate surface area is 294 Å². The Kier molecular flexibility index (Phi) is 27.2. The molecular formula is C37H67N3O9. The number of nitrogens with one attached hydrogen (secondary N) is 3. The highest BCUT2D eigenvalue weighted by molar-refractivity contribution is 5.85. The molecule has 0 bridgehead atoms. The van der Waals surface area contributed by atoms with Crippen LogP contribution < -0.4 is 16.0 Å². The zero-order valence-corrected chi connectivity index (χ0v) is 30.0. The van der Waals surface area contributed by atoms with E-state index >= 15 is 0 Å². The fourth-order valence-corrected chi connectivity index (χ4v) is 6.35. The van der Waals surface area contributed by atoms with Crippen LogP contribution in [0.15, 0.2) is 0 Å². The number of carboxylic acid groups (broad SMARTS) is 2. The summed E-state index contributed by atoms with van der Waals surface area (Å²) in [6.07, 6.45) is 22.6. The van der Waals surface area contributed by atoms with Gasteiger partial charge in [-0.3, -0.25) is 19.2 Å². The summed E-state index contributed by atoms with van der Waals surface area (Å²) in [5, 5.41) is 35.1. The van der Waals surface area contributed by atoms with Crippen molar-refractivity contribution in [2.45, 2.75) is 160 Å². The molecule has 3 amide bonds. The van der Waals surface area contributed by atoms with E-state index in [4.69, 9.17) is 14.9 Å². The highest BCUT2D eigenvalue weighted by atomic mass is 16.5. The van der Waals surface area contributed by atoms with E-state index in [2.05, 4.69) is 16.0 Å². The molecule has 0 radical (unpaired) electrons. The van der Waals surface area contributed by atoms with Crippen molar-refractivity contribution in [1.82, 2.24) is 16.0 Å². The third-order valence-electron chi connectivity index (χ3n) is 9.43. The van der Waals surface area contributed by atoms with E-state index in [1.54, 1.807) is 0 Å². The maximum atomic E-state index is 12.8. The lowest BCUT2D eigenvalue weighted by atomic mass is 9.81. The number of aliphatic hydroxyl groups is 1. The molecule has 1 fully saturated rings. The number of aliphatic carboxylic acids is 2. The van der Waals surface area contributed by atoms with Crippen LogP contribution in [-0.2, 0) is 28.7 Å². The number of unbranched alkanes of at least 4 members (excludes halogenated alkanes) is 15. The summed E-state index contributed by atoms with van der Waals surface area (Å²) in [4.78, 5) is 59.2. The zero-order valence-electron chi connectivity index (χ0n) is 30.0. The van der Waals surface area contributed by atoms with E-state index in [9.17, 15) is 29.1 Å². The largest absolute Gasteiger partial charge is 0.481 e. The van der Waals surface area contributed by atoms with Gasteiger partial charge in [-0.05, 0) is 50.9 Å². The Bertz CT molecular complexity index is 910. The molecule has 1 aliphatic carbocycles. The molecule has 49 heavy (non-hydrogen) atoms. The minimum absolute atomic E-state index is 0.00486. The number of aliphatic hydroxyl groups excluding tert-OH is 1. The molecule has 12 heteroatoms. The first-order valence-electron chi connectivity index (χ1n) is 19.2. The minimum Gasteiger partial charge on any atom is -0.481 e. The molecule has 0 aromatic carbocycles. The van der Waals surface area contributed by atoms with E-state index in [0.29, 0.717) is 38.1 Å². The van der Waals surface area contributed by atoms with Gasteiger partial charge in [0.15, 0.2) is 0 Å². The molecule has 6 N–H and O–H groups in total. The second kappa shape index (κ2) is 30.1. The maximum Gasteiger partial charge on any atom is 0.326 e. The molecule has 0 aromatic rings. The number of amides is 3. The number of carbonyl (C=O) groups excluding carboxylic acids is 3. The van der Waals surface area contributed by atoms with Crippen LogP contribution in [0.5, 0.6) is 0 Å². The Morgan fingerprint density at radius 3 is 1.59 bits per heavy atom. The lowest BCUT2D eigenvalue weighted by molar-refractivity contribution is -0.143. The van der Waals surface area contributed by atoms with Crippen LogP contribution in [0.3, 0.4) is 0 Å². The topological polar surface area (TPSA) is 191 Å². The molecule has 284 valence electrons. The molecule has 0 aromatic heterocycles. The highest BCUT2D eigenvalue weighted by Crippen LogP contribution is 2.29. The van der Waals surface area contributed by atoms with Gasteiger partial charge in [0.05, 0.1) is 19.8 Å². The van der Waals surface area contributed by atoms with E-state index in [1.807, 2.05) is 0 Å². The summed E-state index contributed by atoms with van der Waals surface area (Å²) in [6.45, 7) is 1.22. The fraction of sp³-hybridized carbons (Fsp3) is 0.865. The van der Waals surface area contributed by atoms with Gasteiger partial charge in [-0.15, -0.1) is 0 Å². The zero-order chi connectivity index (χ0) is 36.0. The van der Waals surface area contributed by atoms with Gasteiger partial charge in [0.1, 0.15) is 6.04 Å². The fourth-order valence-electron chi connectivity index (χ4n) is 6.35. The number of hydrogen-bond donors (Lipinski definition) is 6. The van der Waals surface area contributed by atoms with Crippen molar-refractivity contribution in [3.05, 3.63) is 0 Å². The minimum atomic E-state index is -1.17. The predicted molar refractivity (Wildman–Crippen MR) is 189 cm³/mol. The quantitative estimate of drug-likeness (QED) is 0.0494. The average Bonchev–Trinajstić information content (AvgIpc) is 3.08. The summed E-state index contributed by atoms with van der Waals surface area (Å²) >= 11 is 0. The molecule has 0 saturated heterocycles. The van der Waals surface area contributed by atoms with Crippen LogP contribution in [0.4, 0.5) is 0 Å². The first-order valence-corrected chi connectivity index (χ1v) is 19.2. The van der Waals surface area contributed by atoms with Gasteiger partial charge in [-0.25, -0.2) is 4.79 Å². The van der Waals surface area contributed by atoms with Crippen molar-refractivity contribution in [1.29, 1.82) is 0 Å². The normalized spacial score (nSPS) is 16.5. The lowest BCUT2D eigenvalue weighted by Crippen LogP contribution is -2.45. The van der Waals surface area contributed by atoms with Crippen LogP contribution in [-0.4, -0.2) is 83.9 Å². The molecule has 0 spiro atoms. The summed E-state index contributed by atoms with van der Waals surface area (Å²) < 4.78 is 5.07. The molecular weight excluding hydrogens is 630 g/mol. The lowest BCUT2D eigenvalue weighted by Gasteiger charge is -2.28. The van der Waals surface area contributed by atoms with Gasteiger partial charge >= 0.3 is 11.9 Å². The maximum absolute atomic E-state index is 12.8. The van der Waals surface area contributed by atoms with E-state index < -0.39 is 18.0 Å². The molecule has 1 rings (SSSR count). The van der Waals surface area contributed by atoms with Crippen molar-refractivity contribution in [3.63, 3.8) is 0 Å². The van der Waals surface area contributed by atoms with Crippen LogP contribution in [0.25, 0.3) is 0 Å². The third-order valence-corrected chi connectivity index (χ3v) is 9.43. The Morgan fingerprint density at radius 1 is 0.612 bits per heavy atom. The standard InChI is InChI=1S/C37H67N3O9/c41-26-28-49-27-25-38-34(43)24-23-32(37(47)48)40-36(46)31-21-19-30(20-22-31)29-39-33(42)17-15-13-11-9-7-5-3-1-2-4-6-8-10-12-14-16-18-35(44)45/h30-32,41H,1-29H2,(H,38,43)(H,39,42)(H,40,46)(H,44,45)(H,47,48)/t30?,31?,32-/m0/s1. The van der Waals surface area contributed by atoms with E-state index in [0.717, 1.165) is 44.9 Å². The second-order valence-corrected chi connectivity index (χ2v) is 13.7. The summed E-state index contributed by atoms with van der Waals surface area (Å²) in [7, 11) is 0. The third kappa shape index (κ3) is 25.8. The van der Waals surface area contributed by atoms with Crippen LogP contribution >= 0.6 is 0 Å². The van der Waals surface area contributed by atoms with Crippen molar-refractivity contribution in [2.24, 2.45) is 11.8 Å². The molecule has 1 aliphatic rings. The second-order valence-electron chi connectivity index (χ2n) is 13.7. The first kappa shape index (κ1) is 44.3. The first-order chi connectivity index (χ1) is 23.7. The van der Waals surface area contributed by atoms with Gasteiger partial charge in [0, 0.05) is 38.3 Å². The number of rotatable bonds is 32. The number of hydrogen-bond acceptors (Lipinski definition) is 7. The molecule has 0 aliphatic heterocycles. The van der Waals surface area contributed by atoms with Gasteiger partial charge in [-0.2, -0.15) is 0 Å².